The first-order chi connectivity index (χ1) is 34.7. The third-order valence-electron chi connectivity index (χ3n) is 13.0. The summed E-state index contributed by atoms with van der Waals surface area (Å²) < 4.78 is 7.66. The first kappa shape index (κ1) is 52.1. The molecule has 7 rings (SSSR count). The molecular formula is C52H64N12O8. The van der Waals surface area contributed by atoms with E-state index in [1.54, 1.807) is 33.7 Å². The summed E-state index contributed by atoms with van der Waals surface area (Å²) in [7, 11) is 0. The van der Waals surface area contributed by atoms with Gasteiger partial charge in [-0.3, -0.25) is 38.8 Å². The highest BCUT2D eigenvalue weighted by atomic mass is 16.6. The van der Waals surface area contributed by atoms with Crippen LogP contribution in [0.5, 0.6) is 0 Å². The molecule has 5 aromatic rings. The lowest BCUT2D eigenvalue weighted by molar-refractivity contribution is -0.137. The number of nitrogens with one attached hydrogen (secondary N) is 4. The predicted molar refractivity (Wildman–Crippen MR) is 267 cm³/mol. The number of unbranched alkanes of at least 4 members (excludes halogenated alkanes) is 2. The number of ether oxygens (including phenoxy) is 1. The van der Waals surface area contributed by atoms with Gasteiger partial charge in [0, 0.05) is 73.2 Å². The van der Waals surface area contributed by atoms with Crippen LogP contribution in [0.2, 0.25) is 0 Å². The van der Waals surface area contributed by atoms with Crippen molar-refractivity contribution in [2.75, 3.05) is 18.4 Å². The molecule has 0 bridgehead atoms. The van der Waals surface area contributed by atoms with Gasteiger partial charge in [0.25, 0.3) is 11.8 Å². The third-order valence-corrected chi connectivity index (χ3v) is 13.0. The van der Waals surface area contributed by atoms with E-state index < -0.39 is 30.0 Å². The number of fused-ring (bicyclic) bond motifs is 1. The molecular weight excluding hydrogens is 921 g/mol. The summed E-state index contributed by atoms with van der Waals surface area (Å²) in [6.07, 6.45) is 12.4. The van der Waals surface area contributed by atoms with Crippen molar-refractivity contribution in [2.45, 2.75) is 123 Å². The van der Waals surface area contributed by atoms with E-state index in [2.05, 4.69) is 31.0 Å². The van der Waals surface area contributed by atoms with Crippen LogP contribution in [0.3, 0.4) is 0 Å². The average molecular weight is 985 g/mol. The molecule has 6 N–H and O–H groups in total. The smallest absolute Gasteiger partial charge is 0.410 e. The number of imidazole rings is 1. The SMILES string of the molecule is Cc1cccc(-c2[nH]c(CN(C(=O)OCc3ccc(NC(=O)[C@H](CCCNC(N)=O)CC(=O)[C@@H](NC(=O)CCCCCN4C(=O)C=CC4=O)C(C)C)cc3)C3CCCCC3)nc2-c2ccc3ncnn3c2)n1. The molecule has 1 aliphatic carbocycles. The molecule has 20 heteroatoms. The van der Waals surface area contributed by atoms with Gasteiger partial charge in [-0.2, -0.15) is 5.10 Å². The zero-order valence-corrected chi connectivity index (χ0v) is 41.1. The maximum absolute atomic E-state index is 14.1. The fraction of sp³-hybridized carbons (Fsp3) is 0.442. The Kier molecular flexibility index (Phi) is 18.0. The van der Waals surface area contributed by atoms with E-state index in [4.69, 9.17) is 20.4 Å². The number of anilines is 1. The number of nitrogens with two attached hydrogens (primary N) is 1. The maximum atomic E-state index is 14.1. The van der Waals surface area contributed by atoms with Gasteiger partial charge < -0.3 is 31.4 Å². The molecule has 0 spiro atoms. The number of carbonyl (C=O) groups is 7. The summed E-state index contributed by atoms with van der Waals surface area (Å²) in [6, 6.07) is 14.9. The number of carbonyl (C=O) groups excluding carboxylic acids is 7. The van der Waals surface area contributed by atoms with E-state index in [9.17, 15) is 33.6 Å². The van der Waals surface area contributed by atoms with Crippen LogP contribution in [0.25, 0.3) is 28.3 Å². The van der Waals surface area contributed by atoms with Crippen molar-refractivity contribution in [3.05, 3.63) is 96.4 Å². The second-order valence-electron chi connectivity index (χ2n) is 18.8. The molecule has 72 heavy (non-hydrogen) atoms. The number of aryl methyl sites for hydroxylation is 1. The largest absolute Gasteiger partial charge is 0.445 e. The molecule has 0 saturated heterocycles. The molecule has 0 unspecified atom stereocenters. The monoisotopic (exact) mass is 984 g/mol. The highest BCUT2D eigenvalue weighted by Gasteiger charge is 2.31. The van der Waals surface area contributed by atoms with Crippen molar-refractivity contribution in [1.82, 2.24) is 50.0 Å². The van der Waals surface area contributed by atoms with Crippen LogP contribution >= 0.6 is 0 Å². The minimum absolute atomic E-state index is 0.0271. The second-order valence-corrected chi connectivity index (χ2v) is 18.8. The summed E-state index contributed by atoms with van der Waals surface area (Å²) in [5.74, 6) is -2.21. The molecule has 2 atom stereocenters. The van der Waals surface area contributed by atoms with Gasteiger partial charge >= 0.3 is 12.1 Å². The van der Waals surface area contributed by atoms with Crippen LogP contribution in [-0.2, 0) is 41.9 Å². The minimum Gasteiger partial charge on any atom is -0.445 e. The number of urea groups is 1. The van der Waals surface area contributed by atoms with Crippen molar-refractivity contribution < 1.29 is 38.3 Å². The summed E-state index contributed by atoms with van der Waals surface area (Å²) in [5, 5.41) is 12.6. The molecule has 5 heterocycles. The lowest BCUT2D eigenvalue weighted by Crippen LogP contribution is -2.45. The van der Waals surface area contributed by atoms with Crippen molar-refractivity contribution in [3.8, 4) is 22.6 Å². The molecule has 7 amide bonds. The van der Waals surface area contributed by atoms with Crippen LogP contribution in [0.1, 0.15) is 108 Å². The Morgan fingerprint density at radius 2 is 1.68 bits per heavy atom. The summed E-state index contributed by atoms with van der Waals surface area (Å²) in [5.41, 5.74) is 10.8. The topological polar surface area (TPSA) is 269 Å². The molecule has 1 aromatic carbocycles. The Hall–Kier alpha value is -7.77. The van der Waals surface area contributed by atoms with Crippen LogP contribution in [0.4, 0.5) is 15.3 Å². The first-order valence-electron chi connectivity index (χ1n) is 24.8. The van der Waals surface area contributed by atoms with E-state index in [1.807, 2.05) is 57.3 Å². The quantitative estimate of drug-likeness (QED) is 0.0325. The number of rotatable bonds is 24. The number of benzene rings is 1. The number of aromatic nitrogens is 6. The minimum atomic E-state index is -0.843. The van der Waals surface area contributed by atoms with E-state index in [-0.39, 0.29) is 81.0 Å². The first-order valence-corrected chi connectivity index (χ1v) is 24.8. The molecule has 0 radical (unpaired) electrons. The van der Waals surface area contributed by atoms with Crippen molar-refractivity contribution in [1.29, 1.82) is 0 Å². The van der Waals surface area contributed by atoms with Gasteiger partial charge in [-0.25, -0.2) is 24.1 Å². The summed E-state index contributed by atoms with van der Waals surface area (Å²) in [4.78, 5) is 110. The van der Waals surface area contributed by atoms with E-state index in [0.717, 1.165) is 48.3 Å². The molecule has 1 saturated carbocycles. The lowest BCUT2D eigenvalue weighted by Gasteiger charge is -2.33. The zero-order valence-electron chi connectivity index (χ0n) is 41.1. The van der Waals surface area contributed by atoms with Crippen LogP contribution in [0.15, 0.2) is 79.3 Å². The standard InChI is InChI=1S/C52H64N12O8/c1-33(2)47(61-44(66)17-8-5-9-27-62-45(67)24-25-46(62)68)41(65)28-36(13-11-26-54-51(53)70)50(69)58-38-21-18-35(19-22-38)31-72-52(71)63(39-14-6-4-7-15-39)30-42-59-48(37-20-23-43-55-32-56-64(43)29-37)49(60-42)40-16-10-12-34(3)57-40/h10,12,16,18-25,29,32-33,36,39,47H,4-9,11,13-15,17,26-28,30-31H2,1-3H3,(H,58,69)(H,59,60)(H,61,66)(H3,53,54,70)/t36-,47+/m1/s1. The van der Waals surface area contributed by atoms with Crippen LogP contribution < -0.4 is 21.7 Å². The number of hydrogen-bond donors (Lipinski definition) is 5. The second kappa shape index (κ2) is 24.9. The van der Waals surface area contributed by atoms with E-state index >= 15 is 0 Å². The number of aromatic amines is 1. The van der Waals surface area contributed by atoms with Gasteiger partial charge in [0.2, 0.25) is 11.8 Å². The number of primary amides is 1. The number of ketones is 1. The third kappa shape index (κ3) is 14.2. The Labute approximate surface area is 418 Å². The van der Waals surface area contributed by atoms with Crippen LogP contribution in [0, 0.1) is 18.8 Å². The highest BCUT2D eigenvalue weighted by Crippen LogP contribution is 2.32. The van der Waals surface area contributed by atoms with Gasteiger partial charge in [-0.15, -0.1) is 0 Å². The van der Waals surface area contributed by atoms with Crippen molar-refractivity contribution in [3.63, 3.8) is 0 Å². The lowest BCUT2D eigenvalue weighted by atomic mass is 9.89. The maximum Gasteiger partial charge on any atom is 0.410 e. The Morgan fingerprint density at radius 3 is 2.40 bits per heavy atom. The molecule has 2 aliphatic rings. The van der Waals surface area contributed by atoms with Gasteiger partial charge in [-0.05, 0) is 93.3 Å². The van der Waals surface area contributed by atoms with Gasteiger partial charge in [0.15, 0.2) is 11.4 Å². The highest BCUT2D eigenvalue weighted by molar-refractivity contribution is 6.12. The molecule has 1 aliphatic heterocycles. The fourth-order valence-electron chi connectivity index (χ4n) is 9.09. The molecule has 20 nitrogen and oxygen atoms in total. The summed E-state index contributed by atoms with van der Waals surface area (Å²) >= 11 is 0. The number of imide groups is 1. The number of Topliss-reactive ketones (excluding diaryl/α,β-unsaturated/α-hetero) is 1. The van der Waals surface area contributed by atoms with Gasteiger partial charge in [-0.1, -0.05) is 57.7 Å². The number of hydrogen-bond acceptors (Lipinski definition) is 12. The predicted octanol–water partition coefficient (Wildman–Crippen LogP) is 6.55. The van der Waals surface area contributed by atoms with E-state index in [0.29, 0.717) is 65.5 Å². The number of H-pyrrole nitrogens is 1. The Morgan fingerprint density at radius 1 is 0.917 bits per heavy atom. The van der Waals surface area contributed by atoms with Gasteiger partial charge in [0.1, 0.15) is 18.8 Å². The number of amides is 7. The molecule has 4 aromatic heterocycles. The van der Waals surface area contributed by atoms with E-state index in [1.165, 1.54) is 18.5 Å². The van der Waals surface area contributed by atoms with Crippen LogP contribution in [-0.4, -0.2) is 106 Å². The summed E-state index contributed by atoms with van der Waals surface area (Å²) in [6.45, 7) is 6.19. The zero-order chi connectivity index (χ0) is 51.1. The number of nitrogens with zero attached hydrogens (tertiary/aromatic N) is 7. The Balaban J connectivity index is 0.966. The Bertz CT molecular complexity index is 2740. The normalized spacial score (nSPS) is 14.6. The molecule has 380 valence electrons. The molecule has 1 fully saturated rings. The average Bonchev–Trinajstić information content (AvgIpc) is 4.11. The van der Waals surface area contributed by atoms with Crippen molar-refractivity contribution in [2.24, 2.45) is 17.6 Å². The number of pyridine rings is 2. The van der Waals surface area contributed by atoms with Gasteiger partial charge in [0.05, 0.1) is 29.7 Å². The fourth-order valence-corrected chi connectivity index (χ4v) is 9.09. The van der Waals surface area contributed by atoms with Crippen molar-refractivity contribution >= 4 is 52.9 Å².